The van der Waals surface area contributed by atoms with Crippen LogP contribution < -0.4 is 132 Å². The smallest absolute Gasteiger partial charge is 0.759 e. The topological polar surface area (TPSA) is 158 Å². The molecule has 0 aromatic carbocycles. The zero-order valence-electron chi connectivity index (χ0n) is 7.12. The molecule has 0 rings (SSSR count). The van der Waals surface area contributed by atoms with Crippen LogP contribution in [-0.4, -0.2) is 35.0 Å². The molecule has 0 amide bonds. The molecule has 0 saturated carbocycles. The summed E-state index contributed by atoms with van der Waals surface area (Å²) >= 11 is 0. The van der Waals surface area contributed by atoms with Crippen molar-refractivity contribution in [1.29, 1.82) is 0 Å². The Morgan fingerprint density at radius 3 is 0.846 bits per heavy atom. The van der Waals surface area contributed by atoms with Crippen LogP contribution in [0.15, 0.2) is 0 Å². The van der Waals surface area contributed by atoms with Crippen LogP contribution in [0.2, 0.25) is 0 Å². The summed E-state index contributed by atoms with van der Waals surface area (Å²) < 4.78 is 66.9. The van der Waals surface area contributed by atoms with E-state index in [1.165, 1.54) is 0 Å². The zero-order chi connectivity index (χ0) is 9.00. The molecule has 0 radical (unpaired) electrons. The van der Waals surface area contributed by atoms with Crippen molar-refractivity contribution in [3.05, 3.63) is 0 Å². The molecule has 0 unspecified atom stereocenters. The van der Waals surface area contributed by atoms with Gasteiger partial charge in [0, 0.05) is 10.4 Å². The summed E-state index contributed by atoms with van der Waals surface area (Å²) in [7, 11) is -10.1. The van der Waals surface area contributed by atoms with Crippen LogP contribution in [0, 0.1) is 0 Å². The van der Waals surface area contributed by atoms with Gasteiger partial charge in [-0.25, -0.2) is 8.42 Å². The first-order chi connectivity index (χ1) is 4.00. The van der Waals surface area contributed by atoms with Crippen LogP contribution in [0.5, 0.6) is 0 Å². The fourth-order valence-corrected chi connectivity index (χ4v) is 0. The molecule has 0 aliphatic carbocycles. The molecule has 8 nitrogen and oxygen atoms in total. The maximum atomic E-state index is 8.63. The molecule has 0 saturated heterocycles. The number of hydrogen-bond donors (Lipinski definition) is 1. The van der Waals surface area contributed by atoms with Gasteiger partial charge in [0.05, 0.1) is 0 Å². The predicted octanol–water partition coefficient (Wildman–Crippen LogP) is -11.3. The Morgan fingerprint density at radius 2 is 0.846 bits per heavy atom. The van der Waals surface area contributed by atoms with Crippen molar-refractivity contribution >= 4 is 20.8 Å². The molecule has 64 valence electrons. The van der Waals surface area contributed by atoms with E-state index in [4.69, 9.17) is 35.0 Å². The minimum atomic E-state index is -5.17. The van der Waals surface area contributed by atoms with Gasteiger partial charge in [-0.15, -0.1) is 0 Å². The average Bonchev–Trinajstić information content (AvgIpc) is 1.12. The van der Waals surface area contributed by atoms with Gasteiger partial charge >= 0.3 is 132 Å². The van der Waals surface area contributed by atoms with Gasteiger partial charge < -0.3 is 13.7 Å². The Labute approximate surface area is 183 Å². The number of rotatable bonds is 0. The van der Waals surface area contributed by atoms with Gasteiger partial charge in [-0.2, -0.15) is 0 Å². The Hall–Kier alpha value is 4.01. The molecular formula is HK2NaO8S2. The zero-order valence-corrected chi connectivity index (χ0v) is 17.0. The van der Waals surface area contributed by atoms with Crippen molar-refractivity contribution in [2.75, 3.05) is 0 Å². The molecule has 0 aliphatic heterocycles. The summed E-state index contributed by atoms with van der Waals surface area (Å²) in [5.41, 5.74) is 0. The molecule has 0 atom stereocenters. The maximum absolute atomic E-state index is 8.63. The van der Waals surface area contributed by atoms with Crippen molar-refractivity contribution in [3.8, 4) is 0 Å². The van der Waals surface area contributed by atoms with E-state index < -0.39 is 20.8 Å². The van der Waals surface area contributed by atoms with Crippen LogP contribution in [0.3, 0.4) is 0 Å². The SMILES string of the molecule is O=S(=O)([O-])O.O=S(=O)([O-])[O-].[K+].[K+].[Na+]. The Morgan fingerprint density at radius 1 is 0.846 bits per heavy atom. The van der Waals surface area contributed by atoms with Crippen LogP contribution in [0.4, 0.5) is 0 Å². The molecule has 0 aliphatic rings. The molecule has 0 aromatic rings. The van der Waals surface area contributed by atoms with E-state index in [0.717, 1.165) is 0 Å². The molecule has 13 heavy (non-hydrogen) atoms. The van der Waals surface area contributed by atoms with E-state index in [-0.39, 0.29) is 132 Å². The Bertz CT molecular complexity index is 217. The van der Waals surface area contributed by atoms with Crippen molar-refractivity contribution in [3.63, 3.8) is 0 Å². The van der Waals surface area contributed by atoms with Gasteiger partial charge in [-0.3, -0.25) is 13.0 Å². The van der Waals surface area contributed by atoms with E-state index >= 15 is 0 Å². The summed E-state index contributed by atoms with van der Waals surface area (Å²) in [5, 5.41) is 0. The van der Waals surface area contributed by atoms with Crippen molar-refractivity contribution in [2.24, 2.45) is 0 Å². The first-order valence-electron chi connectivity index (χ1n) is 1.35. The van der Waals surface area contributed by atoms with E-state index in [2.05, 4.69) is 0 Å². The molecule has 0 bridgehead atoms. The van der Waals surface area contributed by atoms with E-state index in [1.807, 2.05) is 0 Å². The molecule has 1 N–H and O–H groups in total. The molecular weight excluding hydrogens is 293 g/mol. The fraction of sp³-hybridized carbons (Fsp3) is 0. The van der Waals surface area contributed by atoms with Gasteiger partial charge in [-0.1, -0.05) is 0 Å². The first-order valence-corrected chi connectivity index (χ1v) is 4.05. The van der Waals surface area contributed by atoms with Crippen molar-refractivity contribution in [2.45, 2.75) is 0 Å². The van der Waals surface area contributed by atoms with Gasteiger partial charge in [-0.05, 0) is 0 Å². The third kappa shape index (κ3) is 195. The largest absolute Gasteiger partial charge is 1.00 e. The van der Waals surface area contributed by atoms with Gasteiger partial charge in [0.2, 0.25) is 10.4 Å². The normalized spacial score (nSPS) is 8.92. The average molecular weight is 294 g/mol. The Balaban J connectivity index is -0.0000000267. The van der Waals surface area contributed by atoms with Crippen LogP contribution in [0.25, 0.3) is 0 Å². The third-order valence-corrected chi connectivity index (χ3v) is 0. The van der Waals surface area contributed by atoms with Crippen LogP contribution in [-0.2, 0) is 20.8 Å². The number of hydrogen-bond acceptors (Lipinski definition) is 7. The molecule has 13 heteroatoms. The second-order valence-corrected chi connectivity index (χ2v) is 2.51. The fourth-order valence-electron chi connectivity index (χ4n) is 0. The molecule has 0 spiro atoms. The van der Waals surface area contributed by atoms with E-state index in [1.54, 1.807) is 0 Å². The molecule has 0 fully saturated rings. The summed E-state index contributed by atoms with van der Waals surface area (Å²) in [6.07, 6.45) is 0. The predicted molar refractivity (Wildman–Crippen MR) is 22.8 cm³/mol. The summed E-state index contributed by atoms with van der Waals surface area (Å²) in [6, 6.07) is 0. The standard InChI is InChI=1S/2K.Na.2H2O4S/c;;;2*1-5(2,3)4/h;;;2*(H2,1,2,3,4)/q3*+1;;/p-3. The molecule has 0 heterocycles. The quantitative estimate of drug-likeness (QED) is 0.262. The van der Waals surface area contributed by atoms with Gasteiger partial charge in [0.25, 0.3) is 0 Å². The second kappa shape index (κ2) is 14.1. The van der Waals surface area contributed by atoms with Crippen molar-refractivity contribution in [1.82, 2.24) is 0 Å². The summed E-state index contributed by atoms with van der Waals surface area (Å²) in [4.78, 5) is 0. The summed E-state index contributed by atoms with van der Waals surface area (Å²) in [5.74, 6) is 0. The van der Waals surface area contributed by atoms with Crippen molar-refractivity contribution < 1.29 is 167 Å². The third-order valence-electron chi connectivity index (χ3n) is 0. The van der Waals surface area contributed by atoms with E-state index in [0.29, 0.717) is 0 Å². The minimum Gasteiger partial charge on any atom is -0.759 e. The van der Waals surface area contributed by atoms with Gasteiger partial charge in [0.15, 0.2) is 0 Å². The second-order valence-electron chi connectivity index (χ2n) is 0.836. The van der Waals surface area contributed by atoms with Crippen LogP contribution in [0.1, 0.15) is 0 Å². The first kappa shape index (κ1) is 30.2. The monoisotopic (exact) mass is 294 g/mol. The van der Waals surface area contributed by atoms with Gasteiger partial charge in [0.1, 0.15) is 0 Å². The van der Waals surface area contributed by atoms with E-state index in [9.17, 15) is 0 Å². The summed E-state index contributed by atoms with van der Waals surface area (Å²) in [6.45, 7) is 0. The molecule has 0 aromatic heterocycles. The van der Waals surface area contributed by atoms with Crippen LogP contribution >= 0.6 is 0 Å². The maximum Gasteiger partial charge on any atom is 1.00 e. The minimum absolute atomic E-state index is 0. The Kier molecular flexibility index (Phi) is 32.7.